The quantitative estimate of drug-likeness (QED) is 0.827. The molecule has 0 saturated carbocycles. The second-order valence-corrected chi connectivity index (χ2v) is 3.72. The van der Waals surface area contributed by atoms with E-state index in [1.54, 1.807) is 0 Å². The average molecular weight is 244 g/mol. The molecule has 0 amide bonds. The van der Waals surface area contributed by atoms with Crippen LogP contribution in [0.1, 0.15) is 44.7 Å². The molecule has 0 unspecified atom stereocenters. The SMILES string of the molecule is CCCC[C@@H](N)c1ccccc1OCC.Cl. The second kappa shape index (κ2) is 8.43. The molecule has 1 rings (SSSR count). The maximum atomic E-state index is 6.13. The molecule has 16 heavy (non-hydrogen) atoms. The van der Waals surface area contributed by atoms with Gasteiger partial charge in [-0.2, -0.15) is 0 Å². The van der Waals surface area contributed by atoms with E-state index in [1.807, 2.05) is 25.1 Å². The van der Waals surface area contributed by atoms with Gasteiger partial charge in [-0.3, -0.25) is 0 Å². The Morgan fingerprint density at radius 1 is 1.25 bits per heavy atom. The van der Waals surface area contributed by atoms with E-state index in [2.05, 4.69) is 13.0 Å². The molecule has 0 aliphatic heterocycles. The van der Waals surface area contributed by atoms with E-state index in [-0.39, 0.29) is 18.4 Å². The van der Waals surface area contributed by atoms with Gasteiger partial charge in [0.15, 0.2) is 0 Å². The maximum absolute atomic E-state index is 6.13. The first-order valence-corrected chi connectivity index (χ1v) is 5.76. The Kier molecular flexibility index (Phi) is 8.04. The van der Waals surface area contributed by atoms with E-state index in [0.29, 0.717) is 6.61 Å². The molecule has 0 aromatic heterocycles. The molecule has 2 N–H and O–H groups in total. The number of benzene rings is 1. The van der Waals surface area contributed by atoms with Crippen LogP contribution < -0.4 is 10.5 Å². The van der Waals surface area contributed by atoms with E-state index in [0.717, 1.165) is 17.7 Å². The molecule has 0 fully saturated rings. The van der Waals surface area contributed by atoms with Gasteiger partial charge in [-0.05, 0) is 19.4 Å². The number of para-hydroxylation sites is 1. The Bertz CT molecular complexity index is 291. The summed E-state index contributed by atoms with van der Waals surface area (Å²) in [5.41, 5.74) is 7.26. The monoisotopic (exact) mass is 243 g/mol. The largest absolute Gasteiger partial charge is 0.494 e. The topological polar surface area (TPSA) is 35.2 Å². The Labute approximate surface area is 105 Å². The van der Waals surface area contributed by atoms with E-state index in [4.69, 9.17) is 10.5 Å². The molecule has 3 heteroatoms. The van der Waals surface area contributed by atoms with Crippen LogP contribution in [-0.2, 0) is 0 Å². The standard InChI is InChI=1S/C13H21NO.ClH/c1-3-5-9-12(14)11-8-6-7-10-13(11)15-4-2;/h6-8,10,12H,3-5,9,14H2,1-2H3;1H/t12-;/m1./s1. The second-order valence-electron chi connectivity index (χ2n) is 3.72. The lowest BCUT2D eigenvalue weighted by atomic mass is 10.0. The predicted molar refractivity (Wildman–Crippen MR) is 71.3 cm³/mol. The smallest absolute Gasteiger partial charge is 0.124 e. The van der Waals surface area contributed by atoms with E-state index < -0.39 is 0 Å². The lowest BCUT2D eigenvalue weighted by Crippen LogP contribution is -2.11. The van der Waals surface area contributed by atoms with Crippen molar-refractivity contribution in [2.24, 2.45) is 5.73 Å². The summed E-state index contributed by atoms with van der Waals surface area (Å²) in [6.45, 7) is 4.87. The van der Waals surface area contributed by atoms with Gasteiger partial charge in [0.25, 0.3) is 0 Å². The Morgan fingerprint density at radius 2 is 1.94 bits per heavy atom. The summed E-state index contributed by atoms with van der Waals surface area (Å²) >= 11 is 0. The summed E-state index contributed by atoms with van der Waals surface area (Å²) < 4.78 is 5.56. The summed E-state index contributed by atoms with van der Waals surface area (Å²) in [6.07, 6.45) is 3.38. The molecule has 0 heterocycles. The van der Waals surface area contributed by atoms with Crippen molar-refractivity contribution < 1.29 is 4.74 Å². The fourth-order valence-electron chi connectivity index (χ4n) is 1.65. The van der Waals surface area contributed by atoms with Crippen LogP contribution >= 0.6 is 12.4 Å². The molecule has 1 aromatic rings. The first-order valence-electron chi connectivity index (χ1n) is 5.76. The minimum absolute atomic E-state index is 0. The minimum atomic E-state index is 0. The zero-order valence-electron chi connectivity index (χ0n) is 10.1. The molecular weight excluding hydrogens is 222 g/mol. The third-order valence-electron chi connectivity index (χ3n) is 2.49. The number of rotatable bonds is 6. The van der Waals surface area contributed by atoms with Crippen LogP contribution in [0.5, 0.6) is 5.75 Å². The number of hydrogen-bond acceptors (Lipinski definition) is 2. The van der Waals surface area contributed by atoms with Crippen molar-refractivity contribution in [3.05, 3.63) is 29.8 Å². The summed E-state index contributed by atoms with van der Waals surface area (Å²) in [7, 11) is 0. The van der Waals surface area contributed by atoms with Gasteiger partial charge < -0.3 is 10.5 Å². The lowest BCUT2D eigenvalue weighted by Gasteiger charge is -2.15. The van der Waals surface area contributed by atoms with Crippen molar-refractivity contribution in [2.45, 2.75) is 39.2 Å². The fourth-order valence-corrected chi connectivity index (χ4v) is 1.65. The highest BCUT2D eigenvalue weighted by atomic mass is 35.5. The molecular formula is C13H22ClNO. The molecule has 0 radical (unpaired) electrons. The van der Waals surface area contributed by atoms with Crippen molar-refractivity contribution in [1.29, 1.82) is 0 Å². The van der Waals surface area contributed by atoms with Crippen LogP contribution in [0.4, 0.5) is 0 Å². The first kappa shape index (κ1) is 15.3. The minimum Gasteiger partial charge on any atom is -0.494 e. The molecule has 1 aromatic carbocycles. The van der Waals surface area contributed by atoms with Crippen LogP contribution in [0.3, 0.4) is 0 Å². The zero-order chi connectivity index (χ0) is 11.1. The number of nitrogens with two attached hydrogens (primary N) is 1. The van der Waals surface area contributed by atoms with Crippen molar-refractivity contribution in [1.82, 2.24) is 0 Å². The van der Waals surface area contributed by atoms with Crippen LogP contribution in [-0.4, -0.2) is 6.61 Å². The fraction of sp³-hybridized carbons (Fsp3) is 0.538. The summed E-state index contributed by atoms with van der Waals surface area (Å²) in [6, 6.07) is 8.16. The summed E-state index contributed by atoms with van der Waals surface area (Å²) in [4.78, 5) is 0. The van der Waals surface area contributed by atoms with E-state index in [1.165, 1.54) is 12.8 Å². The van der Waals surface area contributed by atoms with Gasteiger partial charge in [-0.1, -0.05) is 38.0 Å². The Morgan fingerprint density at radius 3 is 2.56 bits per heavy atom. The van der Waals surface area contributed by atoms with Crippen molar-refractivity contribution in [2.75, 3.05) is 6.61 Å². The van der Waals surface area contributed by atoms with Crippen molar-refractivity contribution >= 4 is 12.4 Å². The number of halogens is 1. The van der Waals surface area contributed by atoms with Gasteiger partial charge in [-0.15, -0.1) is 12.4 Å². The number of unbranched alkanes of at least 4 members (excludes halogenated alkanes) is 1. The van der Waals surface area contributed by atoms with Crippen LogP contribution in [0.25, 0.3) is 0 Å². The molecule has 2 nitrogen and oxygen atoms in total. The Hall–Kier alpha value is -0.730. The zero-order valence-corrected chi connectivity index (χ0v) is 10.9. The summed E-state index contributed by atoms with van der Waals surface area (Å²) in [5, 5.41) is 0. The normalized spacial score (nSPS) is 11.7. The van der Waals surface area contributed by atoms with Crippen LogP contribution in [0, 0.1) is 0 Å². The van der Waals surface area contributed by atoms with Crippen LogP contribution in [0.15, 0.2) is 24.3 Å². The Balaban J connectivity index is 0.00000225. The van der Waals surface area contributed by atoms with Gasteiger partial charge in [0.2, 0.25) is 0 Å². The van der Waals surface area contributed by atoms with Gasteiger partial charge in [0.05, 0.1) is 6.61 Å². The molecule has 1 atom stereocenters. The van der Waals surface area contributed by atoms with Gasteiger partial charge >= 0.3 is 0 Å². The lowest BCUT2D eigenvalue weighted by molar-refractivity contribution is 0.333. The van der Waals surface area contributed by atoms with Crippen molar-refractivity contribution in [3.8, 4) is 5.75 Å². The average Bonchev–Trinajstić information content (AvgIpc) is 2.27. The van der Waals surface area contributed by atoms with E-state index >= 15 is 0 Å². The molecule has 0 aliphatic rings. The highest BCUT2D eigenvalue weighted by Gasteiger charge is 2.10. The third-order valence-corrected chi connectivity index (χ3v) is 2.49. The molecule has 92 valence electrons. The molecule has 0 aliphatic carbocycles. The van der Waals surface area contributed by atoms with E-state index in [9.17, 15) is 0 Å². The first-order chi connectivity index (χ1) is 7.29. The summed E-state index contributed by atoms with van der Waals surface area (Å²) in [5.74, 6) is 0.934. The molecule has 0 spiro atoms. The number of hydrogen-bond donors (Lipinski definition) is 1. The highest BCUT2D eigenvalue weighted by molar-refractivity contribution is 5.85. The van der Waals surface area contributed by atoms with Gasteiger partial charge in [-0.25, -0.2) is 0 Å². The van der Waals surface area contributed by atoms with Gasteiger partial charge in [0.1, 0.15) is 5.75 Å². The molecule has 0 saturated heterocycles. The predicted octanol–water partition coefficient (Wildman–Crippen LogP) is 3.70. The maximum Gasteiger partial charge on any atom is 0.124 e. The highest BCUT2D eigenvalue weighted by Crippen LogP contribution is 2.26. The third kappa shape index (κ3) is 4.42. The van der Waals surface area contributed by atoms with Crippen molar-refractivity contribution in [3.63, 3.8) is 0 Å². The van der Waals surface area contributed by atoms with Crippen LogP contribution in [0.2, 0.25) is 0 Å². The van der Waals surface area contributed by atoms with Gasteiger partial charge in [0, 0.05) is 11.6 Å². The molecule has 0 bridgehead atoms. The number of ether oxygens (including phenoxy) is 1.